The van der Waals surface area contributed by atoms with Crippen molar-refractivity contribution in [1.29, 1.82) is 0 Å². The summed E-state index contributed by atoms with van der Waals surface area (Å²) < 4.78 is 37.4. The average molecular weight is 661 g/mol. The van der Waals surface area contributed by atoms with Gasteiger partial charge in [-0.05, 0) is 35.7 Å². The molecular formula is C32H45ClN6O5S. The Labute approximate surface area is 271 Å². The van der Waals surface area contributed by atoms with Gasteiger partial charge in [0.1, 0.15) is 5.82 Å². The van der Waals surface area contributed by atoms with Crippen molar-refractivity contribution in [3.8, 4) is 11.3 Å². The summed E-state index contributed by atoms with van der Waals surface area (Å²) in [5.41, 5.74) is 11.1. The number of aromatic amines is 1. The lowest BCUT2D eigenvalue weighted by molar-refractivity contribution is 0.0243. The summed E-state index contributed by atoms with van der Waals surface area (Å²) in [5.74, 6) is 0.740. The van der Waals surface area contributed by atoms with Gasteiger partial charge in [0, 0.05) is 68.1 Å². The van der Waals surface area contributed by atoms with E-state index < -0.39 is 10.1 Å². The van der Waals surface area contributed by atoms with Crippen LogP contribution in [0, 0.1) is 0 Å². The number of rotatable bonds is 18. The van der Waals surface area contributed by atoms with Crippen LogP contribution in [0.4, 0.5) is 5.82 Å². The first-order valence-corrected chi connectivity index (χ1v) is 17.4. The largest absolute Gasteiger partial charge is 0.390 e. The van der Waals surface area contributed by atoms with Crippen molar-refractivity contribution in [2.24, 2.45) is 10.7 Å². The van der Waals surface area contributed by atoms with Crippen molar-refractivity contribution in [3.63, 3.8) is 0 Å². The predicted molar refractivity (Wildman–Crippen MR) is 179 cm³/mol. The van der Waals surface area contributed by atoms with Crippen LogP contribution in [0.5, 0.6) is 0 Å². The van der Waals surface area contributed by atoms with Crippen LogP contribution in [-0.4, -0.2) is 102 Å². The van der Waals surface area contributed by atoms with Gasteiger partial charge >= 0.3 is 0 Å². The minimum Gasteiger partial charge on any atom is -0.390 e. The quantitative estimate of drug-likeness (QED) is 0.0803. The van der Waals surface area contributed by atoms with Crippen molar-refractivity contribution in [2.75, 3.05) is 72.0 Å². The SMILES string of the molecule is CC(NCc1ccccc1Cl)c1cc(-c2ccc(CN3CCN(CCOCCOCCOS(C)(=O)=O)CC3)cc2)[nH]c1/N=C\N. The fourth-order valence-corrected chi connectivity index (χ4v) is 5.69. The summed E-state index contributed by atoms with van der Waals surface area (Å²) >= 11 is 6.34. The van der Waals surface area contributed by atoms with Gasteiger partial charge in [0.05, 0.1) is 45.6 Å². The molecule has 0 spiro atoms. The van der Waals surface area contributed by atoms with Gasteiger partial charge in [0.2, 0.25) is 0 Å². The Hall–Kier alpha value is -2.81. The first-order chi connectivity index (χ1) is 21.7. The van der Waals surface area contributed by atoms with E-state index in [1.165, 1.54) is 11.9 Å². The van der Waals surface area contributed by atoms with Gasteiger partial charge < -0.3 is 25.5 Å². The summed E-state index contributed by atoms with van der Waals surface area (Å²) in [4.78, 5) is 12.7. The Bertz CT molecular complexity index is 1460. The molecule has 3 aromatic rings. The number of aliphatic imine (C=N–C) groups is 1. The van der Waals surface area contributed by atoms with E-state index in [0.29, 0.717) is 26.4 Å². The van der Waals surface area contributed by atoms with Crippen LogP contribution in [0.3, 0.4) is 0 Å². The molecule has 2 aromatic carbocycles. The van der Waals surface area contributed by atoms with E-state index in [2.05, 4.69) is 66.5 Å². The molecular weight excluding hydrogens is 616 g/mol. The van der Waals surface area contributed by atoms with E-state index >= 15 is 0 Å². The first kappa shape index (κ1) is 35.1. The van der Waals surface area contributed by atoms with Gasteiger partial charge in [-0.1, -0.05) is 54.1 Å². The fourth-order valence-electron chi connectivity index (χ4n) is 5.12. The average Bonchev–Trinajstić information content (AvgIpc) is 3.44. The molecule has 1 fully saturated rings. The first-order valence-electron chi connectivity index (χ1n) is 15.2. The van der Waals surface area contributed by atoms with Crippen LogP contribution in [0.15, 0.2) is 59.6 Å². The third-order valence-corrected chi connectivity index (χ3v) is 8.60. The van der Waals surface area contributed by atoms with E-state index in [0.717, 1.165) is 78.7 Å². The number of ether oxygens (including phenoxy) is 2. The monoisotopic (exact) mass is 660 g/mol. The number of aromatic nitrogens is 1. The Morgan fingerprint density at radius 3 is 2.36 bits per heavy atom. The van der Waals surface area contributed by atoms with Gasteiger partial charge in [-0.25, -0.2) is 4.99 Å². The standard InChI is InChI=1S/C32H45ClN6O5S/c1-25(35-22-28-5-3-4-6-30(28)33)29-21-31(37-32(29)36-24-34)27-9-7-26(8-10-27)23-39-13-11-38(12-14-39)15-16-42-17-18-43-19-20-44-45(2,40)41/h3-10,21,24-25,35,37H,11-20,22-23H2,1-2H3,(H2,34,36). The highest BCUT2D eigenvalue weighted by Gasteiger charge is 2.18. The number of benzene rings is 2. The topological polar surface area (TPSA) is 135 Å². The van der Waals surface area contributed by atoms with E-state index in [-0.39, 0.29) is 19.3 Å². The van der Waals surface area contributed by atoms with Gasteiger partial charge in [-0.3, -0.25) is 14.0 Å². The molecule has 1 aliphatic rings. The van der Waals surface area contributed by atoms with E-state index in [4.69, 9.17) is 26.8 Å². The molecule has 0 bridgehead atoms. The van der Waals surface area contributed by atoms with Gasteiger partial charge in [-0.15, -0.1) is 0 Å². The second-order valence-electron chi connectivity index (χ2n) is 11.0. The maximum atomic E-state index is 10.9. The number of hydrogen-bond acceptors (Lipinski definition) is 9. The maximum absolute atomic E-state index is 10.9. The normalized spacial score (nSPS) is 15.6. The van der Waals surface area contributed by atoms with E-state index in [1.807, 2.05) is 24.3 Å². The van der Waals surface area contributed by atoms with Crippen molar-refractivity contribution >= 4 is 33.9 Å². The van der Waals surface area contributed by atoms with Crippen molar-refractivity contribution < 1.29 is 22.1 Å². The highest BCUT2D eigenvalue weighted by molar-refractivity contribution is 7.85. The van der Waals surface area contributed by atoms with Crippen LogP contribution in [0.2, 0.25) is 5.02 Å². The number of hydrogen-bond donors (Lipinski definition) is 3. The molecule has 11 nitrogen and oxygen atoms in total. The molecule has 13 heteroatoms. The van der Waals surface area contributed by atoms with Crippen molar-refractivity contribution in [3.05, 3.63) is 76.3 Å². The summed E-state index contributed by atoms with van der Waals surface area (Å²) in [7, 11) is -3.42. The van der Waals surface area contributed by atoms with Crippen LogP contribution in [0.25, 0.3) is 11.3 Å². The number of nitrogens with zero attached hydrogens (tertiary/aromatic N) is 3. The zero-order valence-corrected chi connectivity index (χ0v) is 27.7. The lowest BCUT2D eigenvalue weighted by atomic mass is 10.1. The molecule has 1 saturated heterocycles. The Morgan fingerprint density at radius 2 is 1.67 bits per heavy atom. The van der Waals surface area contributed by atoms with Crippen molar-refractivity contribution in [2.45, 2.75) is 26.1 Å². The maximum Gasteiger partial charge on any atom is 0.264 e. The van der Waals surface area contributed by atoms with Gasteiger partial charge in [-0.2, -0.15) is 8.42 Å². The molecule has 0 aliphatic carbocycles. The number of piperazine rings is 1. The number of nitrogens with two attached hydrogens (primary N) is 1. The van der Waals surface area contributed by atoms with E-state index in [1.54, 1.807) is 0 Å². The third kappa shape index (κ3) is 11.8. The van der Waals surface area contributed by atoms with Crippen LogP contribution < -0.4 is 11.1 Å². The Balaban J connectivity index is 1.18. The minimum absolute atomic E-state index is 0.0241. The zero-order valence-electron chi connectivity index (χ0n) is 26.1. The molecule has 246 valence electrons. The molecule has 4 N–H and O–H groups in total. The number of nitrogens with one attached hydrogen (secondary N) is 2. The Morgan fingerprint density at radius 1 is 1.00 bits per heavy atom. The summed E-state index contributed by atoms with van der Waals surface area (Å²) in [6.07, 6.45) is 2.34. The highest BCUT2D eigenvalue weighted by atomic mass is 35.5. The van der Waals surface area contributed by atoms with E-state index in [9.17, 15) is 8.42 Å². The third-order valence-electron chi connectivity index (χ3n) is 7.64. The second kappa shape index (κ2) is 17.8. The smallest absolute Gasteiger partial charge is 0.264 e. The molecule has 4 rings (SSSR count). The molecule has 0 amide bonds. The molecule has 0 saturated carbocycles. The van der Waals surface area contributed by atoms with Crippen LogP contribution >= 0.6 is 11.6 Å². The summed E-state index contributed by atoms with van der Waals surface area (Å²) in [6.45, 7) is 10.3. The molecule has 1 atom stereocenters. The van der Waals surface area contributed by atoms with Crippen LogP contribution in [0.1, 0.15) is 29.7 Å². The van der Waals surface area contributed by atoms with Gasteiger partial charge in [0.15, 0.2) is 0 Å². The van der Waals surface area contributed by atoms with Crippen molar-refractivity contribution in [1.82, 2.24) is 20.1 Å². The van der Waals surface area contributed by atoms with Crippen LogP contribution in [-0.2, 0) is 36.9 Å². The Kier molecular flexibility index (Phi) is 13.8. The minimum atomic E-state index is -3.42. The fraction of sp³-hybridized carbons (Fsp3) is 0.469. The lowest BCUT2D eigenvalue weighted by Crippen LogP contribution is -2.46. The molecule has 2 heterocycles. The van der Waals surface area contributed by atoms with Gasteiger partial charge in [0.25, 0.3) is 10.1 Å². The second-order valence-corrected chi connectivity index (χ2v) is 13.1. The zero-order chi connectivity index (χ0) is 32.1. The molecule has 1 aliphatic heterocycles. The molecule has 0 radical (unpaired) electrons. The number of halogens is 1. The number of H-pyrrole nitrogens is 1. The molecule has 1 unspecified atom stereocenters. The molecule has 45 heavy (non-hydrogen) atoms. The lowest BCUT2D eigenvalue weighted by Gasteiger charge is -2.34. The summed E-state index contributed by atoms with van der Waals surface area (Å²) in [5, 5.41) is 4.29. The molecule has 1 aromatic heterocycles. The highest BCUT2D eigenvalue weighted by Crippen LogP contribution is 2.32. The predicted octanol–water partition coefficient (Wildman–Crippen LogP) is 3.93. The summed E-state index contributed by atoms with van der Waals surface area (Å²) in [6, 6.07) is 18.7.